The molecule has 0 saturated carbocycles. The Balaban J connectivity index is 2.14. The molecule has 0 unspecified atom stereocenters. The first kappa shape index (κ1) is 12.9. The molecule has 90 valence electrons. The molecular formula is C9H20N2O3S. The van der Waals surface area contributed by atoms with Crippen LogP contribution in [-0.4, -0.2) is 58.5 Å². The van der Waals surface area contributed by atoms with Crippen LogP contribution in [0.25, 0.3) is 0 Å². The lowest BCUT2D eigenvalue weighted by molar-refractivity contribution is 0.0390. The molecule has 1 rings (SSSR count). The lowest BCUT2D eigenvalue weighted by Crippen LogP contribution is -2.41. The van der Waals surface area contributed by atoms with E-state index in [1.54, 1.807) is 0 Å². The predicted molar refractivity (Wildman–Crippen MR) is 59.3 cm³/mol. The summed E-state index contributed by atoms with van der Waals surface area (Å²) in [5.41, 5.74) is 0. The van der Waals surface area contributed by atoms with Crippen LogP contribution in [0.15, 0.2) is 0 Å². The number of nitrogens with zero attached hydrogens (tertiary/aromatic N) is 1. The summed E-state index contributed by atoms with van der Waals surface area (Å²) < 4.78 is 30.4. The lowest BCUT2D eigenvalue weighted by atomic mass is 10.4. The van der Waals surface area contributed by atoms with E-state index in [1.807, 2.05) is 6.92 Å². The third kappa shape index (κ3) is 5.46. The molecule has 6 heteroatoms. The monoisotopic (exact) mass is 236 g/mol. The van der Waals surface area contributed by atoms with Gasteiger partial charge in [-0.15, -0.1) is 0 Å². The number of hydrogen-bond donors (Lipinski definition) is 1. The zero-order valence-corrected chi connectivity index (χ0v) is 10.1. The van der Waals surface area contributed by atoms with Gasteiger partial charge in [0.05, 0.1) is 19.0 Å². The molecule has 0 aromatic rings. The number of sulfonamides is 1. The van der Waals surface area contributed by atoms with E-state index in [0.29, 0.717) is 13.0 Å². The summed E-state index contributed by atoms with van der Waals surface area (Å²) in [5, 5.41) is 0. The summed E-state index contributed by atoms with van der Waals surface area (Å²) in [6.45, 7) is 6.43. The van der Waals surface area contributed by atoms with Gasteiger partial charge in [0.1, 0.15) is 0 Å². The minimum atomic E-state index is -3.04. The second kappa shape index (κ2) is 6.42. The molecule has 1 N–H and O–H groups in total. The van der Waals surface area contributed by atoms with E-state index in [4.69, 9.17) is 4.74 Å². The molecule has 0 amide bonds. The number of ether oxygens (including phenoxy) is 1. The predicted octanol–water partition coefficient (Wildman–Crippen LogP) is -0.352. The largest absolute Gasteiger partial charge is 0.379 e. The zero-order chi connectivity index (χ0) is 11.1. The van der Waals surface area contributed by atoms with Gasteiger partial charge in [0.15, 0.2) is 0 Å². The van der Waals surface area contributed by atoms with Crippen molar-refractivity contribution in [3.8, 4) is 0 Å². The molecule has 0 atom stereocenters. The van der Waals surface area contributed by atoms with Gasteiger partial charge < -0.3 is 4.74 Å². The summed E-state index contributed by atoms with van der Waals surface area (Å²) in [7, 11) is -3.04. The van der Waals surface area contributed by atoms with Crippen molar-refractivity contribution in [3.63, 3.8) is 0 Å². The van der Waals surface area contributed by atoms with Crippen LogP contribution in [0.4, 0.5) is 0 Å². The number of rotatable bonds is 6. The highest BCUT2D eigenvalue weighted by molar-refractivity contribution is 7.89. The summed E-state index contributed by atoms with van der Waals surface area (Å²) in [4.78, 5) is 2.21. The van der Waals surface area contributed by atoms with Crippen molar-refractivity contribution in [3.05, 3.63) is 0 Å². The van der Waals surface area contributed by atoms with Crippen LogP contribution < -0.4 is 4.72 Å². The normalized spacial score (nSPS) is 19.3. The molecule has 0 aromatic carbocycles. The maximum atomic E-state index is 11.3. The van der Waals surface area contributed by atoms with Gasteiger partial charge >= 0.3 is 0 Å². The van der Waals surface area contributed by atoms with Gasteiger partial charge in [-0.25, -0.2) is 13.1 Å². The van der Waals surface area contributed by atoms with E-state index in [9.17, 15) is 8.42 Å². The Kier molecular flexibility index (Phi) is 5.52. The molecular weight excluding hydrogens is 216 g/mol. The molecule has 0 aliphatic carbocycles. The highest BCUT2D eigenvalue weighted by Gasteiger charge is 2.12. The van der Waals surface area contributed by atoms with E-state index >= 15 is 0 Å². The molecule has 1 heterocycles. The van der Waals surface area contributed by atoms with Crippen LogP contribution in [-0.2, 0) is 14.8 Å². The molecule has 1 aliphatic heterocycles. The molecule has 1 aliphatic rings. The van der Waals surface area contributed by atoms with Gasteiger partial charge in [0, 0.05) is 26.2 Å². The Labute approximate surface area is 91.8 Å². The Bertz CT molecular complexity index is 261. The smallest absolute Gasteiger partial charge is 0.211 e. The summed E-state index contributed by atoms with van der Waals surface area (Å²) in [6.07, 6.45) is 0.660. The first-order chi connectivity index (χ1) is 7.14. The number of morpholine rings is 1. The van der Waals surface area contributed by atoms with Crippen molar-refractivity contribution in [2.24, 2.45) is 0 Å². The van der Waals surface area contributed by atoms with Crippen molar-refractivity contribution < 1.29 is 13.2 Å². The van der Waals surface area contributed by atoms with Crippen LogP contribution in [0, 0.1) is 0 Å². The van der Waals surface area contributed by atoms with Gasteiger partial charge in [0.25, 0.3) is 0 Å². The van der Waals surface area contributed by atoms with Crippen LogP contribution in [0.3, 0.4) is 0 Å². The standard InChI is InChI=1S/C9H20N2O3S/c1-2-9-15(12,13)10-3-4-11-5-7-14-8-6-11/h10H,2-9H2,1H3. The molecule has 0 radical (unpaired) electrons. The minimum absolute atomic E-state index is 0.218. The number of nitrogens with one attached hydrogen (secondary N) is 1. The van der Waals surface area contributed by atoms with Crippen LogP contribution in [0.2, 0.25) is 0 Å². The minimum Gasteiger partial charge on any atom is -0.379 e. The molecule has 1 fully saturated rings. The maximum Gasteiger partial charge on any atom is 0.211 e. The lowest BCUT2D eigenvalue weighted by Gasteiger charge is -2.26. The van der Waals surface area contributed by atoms with Crippen molar-refractivity contribution in [1.29, 1.82) is 0 Å². The SMILES string of the molecule is CCCS(=O)(=O)NCCN1CCOCC1. The number of hydrogen-bond acceptors (Lipinski definition) is 4. The second-order valence-corrected chi connectivity index (χ2v) is 5.59. The highest BCUT2D eigenvalue weighted by atomic mass is 32.2. The van der Waals surface area contributed by atoms with Crippen LogP contribution in [0.1, 0.15) is 13.3 Å². The summed E-state index contributed by atoms with van der Waals surface area (Å²) in [6, 6.07) is 0. The topological polar surface area (TPSA) is 58.6 Å². The van der Waals surface area contributed by atoms with E-state index in [0.717, 1.165) is 32.8 Å². The van der Waals surface area contributed by atoms with Crippen molar-refractivity contribution in [2.45, 2.75) is 13.3 Å². The second-order valence-electron chi connectivity index (χ2n) is 3.67. The van der Waals surface area contributed by atoms with E-state index < -0.39 is 10.0 Å². The van der Waals surface area contributed by atoms with Gasteiger partial charge in [-0.2, -0.15) is 0 Å². The van der Waals surface area contributed by atoms with Gasteiger partial charge in [0.2, 0.25) is 10.0 Å². The van der Waals surface area contributed by atoms with Crippen molar-refractivity contribution in [2.75, 3.05) is 45.1 Å². The molecule has 5 nitrogen and oxygen atoms in total. The first-order valence-electron chi connectivity index (χ1n) is 5.41. The fraction of sp³-hybridized carbons (Fsp3) is 1.00. The summed E-state index contributed by atoms with van der Waals surface area (Å²) >= 11 is 0. The Hall–Kier alpha value is -0.170. The van der Waals surface area contributed by atoms with Crippen LogP contribution >= 0.6 is 0 Å². The van der Waals surface area contributed by atoms with E-state index in [2.05, 4.69) is 9.62 Å². The van der Waals surface area contributed by atoms with Gasteiger partial charge in [-0.05, 0) is 6.42 Å². The zero-order valence-electron chi connectivity index (χ0n) is 9.24. The first-order valence-corrected chi connectivity index (χ1v) is 7.07. The molecule has 15 heavy (non-hydrogen) atoms. The highest BCUT2D eigenvalue weighted by Crippen LogP contribution is 1.95. The van der Waals surface area contributed by atoms with Gasteiger partial charge in [-0.1, -0.05) is 6.92 Å². The Morgan fingerprint density at radius 1 is 1.33 bits per heavy atom. The van der Waals surface area contributed by atoms with Crippen molar-refractivity contribution >= 4 is 10.0 Å². The van der Waals surface area contributed by atoms with Gasteiger partial charge in [-0.3, -0.25) is 4.90 Å². The third-order valence-corrected chi connectivity index (χ3v) is 3.92. The fourth-order valence-electron chi connectivity index (χ4n) is 1.52. The van der Waals surface area contributed by atoms with E-state index in [-0.39, 0.29) is 5.75 Å². The quantitative estimate of drug-likeness (QED) is 0.685. The average molecular weight is 236 g/mol. The fourth-order valence-corrected chi connectivity index (χ4v) is 2.61. The van der Waals surface area contributed by atoms with Crippen molar-refractivity contribution in [1.82, 2.24) is 9.62 Å². The molecule has 0 spiro atoms. The Morgan fingerprint density at radius 3 is 2.60 bits per heavy atom. The average Bonchev–Trinajstić information content (AvgIpc) is 2.19. The van der Waals surface area contributed by atoms with E-state index in [1.165, 1.54) is 0 Å². The third-order valence-electron chi connectivity index (χ3n) is 2.33. The molecule has 0 bridgehead atoms. The molecule has 0 aromatic heterocycles. The Morgan fingerprint density at radius 2 is 2.00 bits per heavy atom. The van der Waals surface area contributed by atoms with Crippen LogP contribution in [0.5, 0.6) is 0 Å². The molecule has 1 saturated heterocycles. The summed E-state index contributed by atoms with van der Waals surface area (Å²) in [5.74, 6) is 0.218. The maximum absolute atomic E-state index is 11.3.